The van der Waals surface area contributed by atoms with Crippen molar-refractivity contribution in [2.24, 2.45) is 10.2 Å². The van der Waals surface area contributed by atoms with Crippen molar-refractivity contribution < 1.29 is 0 Å². The molecule has 0 spiro atoms. The lowest BCUT2D eigenvalue weighted by molar-refractivity contribution is 0.893. The molecule has 0 radical (unpaired) electrons. The van der Waals surface area contributed by atoms with Gasteiger partial charge in [0, 0.05) is 0 Å². The van der Waals surface area contributed by atoms with Gasteiger partial charge in [0.05, 0.1) is 12.4 Å². The van der Waals surface area contributed by atoms with Crippen LogP contribution in [0.25, 0.3) is 0 Å². The van der Waals surface area contributed by atoms with Gasteiger partial charge in [-0.3, -0.25) is 5.41 Å². The van der Waals surface area contributed by atoms with E-state index in [4.69, 9.17) is 5.41 Å². The van der Waals surface area contributed by atoms with Crippen LogP contribution in [0.2, 0.25) is 0 Å². The summed E-state index contributed by atoms with van der Waals surface area (Å²) in [6.45, 7) is 0. The first-order chi connectivity index (χ1) is 9.84. The van der Waals surface area contributed by atoms with Crippen LogP contribution < -0.4 is 10.9 Å². The standard InChI is InChI=1S/C15H15N5.ClH/c16-15(19-17-11-13-7-3-1-4-8-13)20-18-12-14-9-5-2-6-10-14;/h1-12H,(H3,16,19,20);1H. The second kappa shape index (κ2) is 9.28. The van der Waals surface area contributed by atoms with Gasteiger partial charge in [-0.25, -0.2) is 10.9 Å². The summed E-state index contributed by atoms with van der Waals surface area (Å²) in [5.41, 5.74) is 7.01. The third-order valence-corrected chi connectivity index (χ3v) is 2.38. The molecule has 21 heavy (non-hydrogen) atoms. The highest BCUT2D eigenvalue weighted by molar-refractivity contribution is 5.85. The van der Waals surface area contributed by atoms with Crippen molar-refractivity contribution in [1.29, 1.82) is 5.41 Å². The zero-order chi connectivity index (χ0) is 14.0. The van der Waals surface area contributed by atoms with Crippen molar-refractivity contribution in [3.63, 3.8) is 0 Å². The monoisotopic (exact) mass is 301 g/mol. The molecule has 0 amide bonds. The number of nitrogens with zero attached hydrogens (tertiary/aromatic N) is 2. The highest BCUT2D eigenvalue weighted by Gasteiger charge is 1.89. The van der Waals surface area contributed by atoms with Crippen molar-refractivity contribution >= 4 is 30.8 Å². The molecule has 2 aromatic rings. The molecule has 5 nitrogen and oxygen atoms in total. The maximum absolute atomic E-state index is 7.57. The molecule has 108 valence electrons. The third-order valence-electron chi connectivity index (χ3n) is 2.38. The van der Waals surface area contributed by atoms with Gasteiger partial charge in [-0.2, -0.15) is 10.2 Å². The van der Waals surface area contributed by atoms with E-state index in [1.807, 2.05) is 60.7 Å². The Labute approximate surface area is 129 Å². The molecule has 0 aliphatic heterocycles. The summed E-state index contributed by atoms with van der Waals surface area (Å²) in [4.78, 5) is 0. The summed E-state index contributed by atoms with van der Waals surface area (Å²) in [7, 11) is 0. The number of hydrazone groups is 2. The van der Waals surface area contributed by atoms with Crippen LogP contribution in [0.3, 0.4) is 0 Å². The molecule has 6 heteroatoms. The molecule has 3 N–H and O–H groups in total. The number of benzene rings is 2. The van der Waals surface area contributed by atoms with Crippen molar-refractivity contribution in [2.45, 2.75) is 0 Å². The molecule has 0 atom stereocenters. The van der Waals surface area contributed by atoms with Gasteiger partial charge >= 0.3 is 0 Å². The van der Waals surface area contributed by atoms with Gasteiger partial charge in [0.25, 0.3) is 0 Å². The van der Waals surface area contributed by atoms with Crippen molar-refractivity contribution in [2.75, 3.05) is 0 Å². The summed E-state index contributed by atoms with van der Waals surface area (Å²) in [5, 5.41) is 15.4. The lowest BCUT2D eigenvalue weighted by Gasteiger charge is -2.00. The smallest absolute Gasteiger partial charge is 0.230 e. The van der Waals surface area contributed by atoms with Crippen molar-refractivity contribution in [3.05, 3.63) is 71.8 Å². The Morgan fingerprint density at radius 3 is 1.52 bits per heavy atom. The van der Waals surface area contributed by atoms with Gasteiger partial charge in [-0.15, -0.1) is 12.4 Å². The Kier molecular flexibility index (Phi) is 7.24. The van der Waals surface area contributed by atoms with E-state index in [-0.39, 0.29) is 18.4 Å². The van der Waals surface area contributed by atoms with Gasteiger partial charge in [-0.05, 0) is 11.1 Å². The normalized spacial score (nSPS) is 10.3. The van der Waals surface area contributed by atoms with E-state index in [9.17, 15) is 0 Å². The van der Waals surface area contributed by atoms with Crippen LogP contribution in [0, 0.1) is 5.41 Å². The minimum atomic E-state index is 0. The Morgan fingerprint density at radius 1 is 0.762 bits per heavy atom. The average Bonchev–Trinajstić information content (AvgIpc) is 2.49. The van der Waals surface area contributed by atoms with E-state index in [1.165, 1.54) is 0 Å². The Bertz CT molecular complexity index is 542. The average molecular weight is 302 g/mol. The van der Waals surface area contributed by atoms with Crippen molar-refractivity contribution in [3.8, 4) is 0 Å². The van der Waals surface area contributed by atoms with Crippen molar-refractivity contribution in [1.82, 2.24) is 10.9 Å². The van der Waals surface area contributed by atoms with Crippen LogP contribution in [-0.2, 0) is 0 Å². The van der Waals surface area contributed by atoms with Gasteiger partial charge in [0.15, 0.2) is 0 Å². The molecule has 0 bridgehead atoms. The van der Waals surface area contributed by atoms with Crippen LogP contribution in [0.5, 0.6) is 0 Å². The predicted octanol–water partition coefficient (Wildman–Crippen LogP) is 2.59. The molecule has 0 aliphatic rings. The molecule has 2 aromatic carbocycles. The second-order valence-electron chi connectivity index (χ2n) is 3.94. The molecule has 2 rings (SSSR count). The third kappa shape index (κ3) is 6.35. The molecule has 0 unspecified atom stereocenters. The SMILES string of the molecule is Cl.N=C(NN=Cc1ccccc1)NN=Cc1ccccc1. The number of rotatable bonds is 4. The Hall–Kier alpha value is -2.66. The fourth-order valence-electron chi connectivity index (χ4n) is 1.45. The summed E-state index contributed by atoms with van der Waals surface area (Å²) in [5.74, 6) is 0.00404. The first-order valence-corrected chi connectivity index (χ1v) is 6.11. The fourth-order valence-corrected chi connectivity index (χ4v) is 1.45. The summed E-state index contributed by atoms with van der Waals surface area (Å²) < 4.78 is 0. The maximum Gasteiger partial charge on any atom is 0.230 e. The lowest BCUT2D eigenvalue weighted by Crippen LogP contribution is -2.29. The second-order valence-corrected chi connectivity index (χ2v) is 3.94. The first kappa shape index (κ1) is 16.4. The van der Waals surface area contributed by atoms with Crippen LogP contribution >= 0.6 is 12.4 Å². The van der Waals surface area contributed by atoms with E-state index >= 15 is 0 Å². The highest BCUT2D eigenvalue weighted by Crippen LogP contribution is 1.93. The topological polar surface area (TPSA) is 72.6 Å². The van der Waals surface area contributed by atoms with E-state index in [2.05, 4.69) is 21.1 Å². The van der Waals surface area contributed by atoms with Gasteiger partial charge < -0.3 is 0 Å². The molecular formula is C15H16ClN5. The van der Waals surface area contributed by atoms with Gasteiger partial charge in [0.1, 0.15) is 0 Å². The van der Waals surface area contributed by atoms with Crippen LogP contribution in [0.4, 0.5) is 0 Å². The zero-order valence-electron chi connectivity index (χ0n) is 11.2. The van der Waals surface area contributed by atoms with E-state index in [0.717, 1.165) is 11.1 Å². The van der Waals surface area contributed by atoms with E-state index in [1.54, 1.807) is 12.4 Å². The molecule has 0 aliphatic carbocycles. The van der Waals surface area contributed by atoms with Gasteiger partial charge in [-0.1, -0.05) is 60.7 Å². The number of hydrogen-bond donors (Lipinski definition) is 3. The molecule has 0 saturated carbocycles. The number of hydrogen-bond acceptors (Lipinski definition) is 3. The summed E-state index contributed by atoms with van der Waals surface area (Å²) in [6.07, 6.45) is 3.27. The van der Waals surface area contributed by atoms with Crippen LogP contribution in [0.1, 0.15) is 11.1 Å². The number of halogens is 1. The van der Waals surface area contributed by atoms with E-state index in [0.29, 0.717) is 0 Å². The maximum atomic E-state index is 7.57. The Morgan fingerprint density at radius 2 is 1.14 bits per heavy atom. The minimum Gasteiger partial charge on any atom is -0.266 e. The number of guanidine groups is 1. The molecule has 0 aromatic heterocycles. The van der Waals surface area contributed by atoms with E-state index < -0.39 is 0 Å². The fraction of sp³-hybridized carbons (Fsp3) is 0. The zero-order valence-corrected chi connectivity index (χ0v) is 12.0. The van der Waals surface area contributed by atoms with Gasteiger partial charge in [0.2, 0.25) is 5.96 Å². The predicted molar refractivity (Wildman–Crippen MR) is 89.3 cm³/mol. The number of nitrogens with one attached hydrogen (secondary N) is 3. The lowest BCUT2D eigenvalue weighted by atomic mass is 10.2. The molecule has 0 fully saturated rings. The van der Waals surface area contributed by atoms with Crippen LogP contribution in [0.15, 0.2) is 70.9 Å². The largest absolute Gasteiger partial charge is 0.266 e. The molecular weight excluding hydrogens is 286 g/mol. The summed E-state index contributed by atoms with van der Waals surface area (Å²) in [6, 6.07) is 19.3. The Balaban J connectivity index is 0.00000220. The quantitative estimate of drug-likeness (QED) is 0.461. The summed E-state index contributed by atoms with van der Waals surface area (Å²) >= 11 is 0. The highest BCUT2D eigenvalue weighted by atomic mass is 35.5. The first-order valence-electron chi connectivity index (χ1n) is 6.11. The minimum absolute atomic E-state index is 0. The molecule has 0 saturated heterocycles. The molecule has 0 heterocycles. The van der Waals surface area contributed by atoms with Crippen LogP contribution in [-0.4, -0.2) is 18.4 Å².